The monoisotopic (exact) mass is 614 g/mol. The summed E-state index contributed by atoms with van der Waals surface area (Å²) >= 11 is 6.23. The normalized spacial score (nSPS) is 22.6. The first-order valence-electron chi connectivity index (χ1n) is 13.8. The highest BCUT2D eigenvalue weighted by Gasteiger charge is 2.35. The number of sulfonamides is 1. The number of amides is 1. The van der Waals surface area contributed by atoms with Gasteiger partial charge in [-0.1, -0.05) is 16.7 Å². The summed E-state index contributed by atoms with van der Waals surface area (Å²) < 4.78 is 28.2. The number of likely N-dealkylation sites (tertiary alicyclic amines) is 1. The number of aromatic nitrogens is 3. The maximum absolute atomic E-state index is 14.0. The Morgan fingerprint density at radius 2 is 1.95 bits per heavy atom. The van der Waals surface area contributed by atoms with Crippen molar-refractivity contribution in [2.24, 2.45) is 5.11 Å². The third-order valence-electron chi connectivity index (χ3n) is 7.99. The largest absolute Gasteiger partial charge is 0.391 e. The van der Waals surface area contributed by atoms with Crippen LogP contribution < -0.4 is 14.5 Å². The number of rotatable bonds is 7. The number of anilines is 3. The van der Waals surface area contributed by atoms with Crippen LogP contribution >= 0.6 is 11.6 Å². The fourth-order valence-corrected chi connectivity index (χ4v) is 6.56. The Hall–Kier alpha value is -3.78. The lowest BCUT2D eigenvalue weighted by Crippen LogP contribution is -2.39. The van der Waals surface area contributed by atoms with Gasteiger partial charge in [0, 0.05) is 54.8 Å². The molecule has 0 bridgehead atoms. The van der Waals surface area contributed by atoms with Crippen molar-refractivity contribution >= 4 is 50.5 Å². The molecule has 42 heavy (non-hydrogen) atoms. The molecule has 5 heterocycles. The molecular weight excluding hydrogens is 584 g/mol. The summed E-state index contributed by atoms with van der Waals surface area (Å²) in [6.07, 6.45) is 3.64. The van der Waals surface area contributed by atoms with Crippen LogP contribution in [0.2, 0.25) is 5.02 Å². The van der Waals surface area contributed by atoms with Crippen LogP contribution in [0.4, 0.5) is 17.3 Å². The molecule has 1 amide bonds. The van der Waals surface area contributed by atoms with Crippen LogP contribution in [0, 0.1) is 0 Å². The smallest absolute Gasteiger partial charge is 0.256 e. The molecule has 0 unspecified atom stereocenters. The minimum atomic E-state index is -3.63. The van der Waals surface area contributed by atoms with E-state index in [0.29, 0.717) is 41.7 Å². The van der Waals surface area contributed by atoms with Gasteiger partial charge in [0.05, 0.1) is 41.4 Å². The molecule has 3 atom stereocenters. The van der Waals surface area contributed by atoms with Gasteiger partial charge in [-0.3, -0.25) is 9.52 Å². The summed E-state index contributed by atoms with van der Waals surface area (Å²) in [6.45, 7) is 2.85. The van der Waals surface area contributed by atoms with Crippen LogP contribution in [0.5, 0.6) is 0 Å². The number of carbonyl (C=O) groups excluding carboxylic acids is 1. The first-order valence-corrected chi connectivity index (χ1v) is 16.1. The van der Waals surface area contributed by atoms with Crippen LogP contribution in [0.3, 0.4) is 0 Å². The molecule has 2 N–H and O–H groups in total. The number of β-amino-alcohol motifs (C(OH)–C–C–N with tert-alkyl or cyclic N) is 1. The molecule has 1 aromatic carbocycles. The lowest BCUT2D eigenvalue weighted by atomic mass is 9.98. The molecule has 3 aliphatic rings. The zero-order chi connectivity index (χ0) is 29.6. The summed E-state index contributed by atoms with van der Waals surface area (Å²) in [6, 6.07) is 7.36. The van der Waals surface area contributed by atoms with Crippen LogP contribution in [0.25, 0.3) is 16.1 Å². The summed E-state index contributed by atoms with van der Waals surface area (Å²) in [5.41, 5.74) is 10.5. The van der Waals surface area contributed by atoms with E-state index in [0.717, 1.165) is 44.4 Å². The zero-order valence-corrected chi connectivity index (χ0v) is 24.5. The molecule has 3 aliphatic heterocycles. The second kappa shape index (κ2) is 11.1. The average molecular weight is 615 g/mol. The lowest BCUT2D eigenvalue weighted by Gasteiger charge is -2.35. The van der Waals surface area contributed by atoms with E-state index in [9.17, 15) is 18.3 Å². The van der Waals surface area contributed by atoms with E-state index >= 15 is 0 Å². The van der Waals surface area contributed by atoms with E-state index in [2.05, 4.69) is 19.6 Å². The molecular formula is C26H31ClN10O4S. The molecule has 0 radical (unpaired) electrons. The number of fused-ring (bicyclic) bond motifs is 1. The molecule has 3 aromatic rings. The summed E-state index contributed by atoms with van der Waals surface area (Å²) in [7, 11) is -3.63. The molecule has 2 aromatic heterocycles. The Balaban J connectivity index is 1.39. The number of nitrogens with one attached hydrogen (secondary N) is 1. The molecule has 3 saturated heterocycles. The van der Waals surface area contributed by atoms with Gasteiger partial charge in [0.15, 0.2) is 5.65 Å². The third-order valence-corrected chi connectivity index (χ3v) is 8.82. The second-order valence-electron chi connectivity index (χ2n) is 11.0. The number of hydrogen-bond donors (Lipinski definition) is 2. The van der Waals surface area contributed by atoms with E-state index in [1.165, 1.54) is 18.2 Å². The summed E-state index contributed by atoms with van der Waals surface area (Å²) in [5, 5.41) is 19.5. The minimum absolute atomic E-state index is 0.163. The van der Waals surface area contributed by atoms with Gasteiger partial charge in [0.2, 0.25) is 10.0 Å². The van der Waals surface area contributed by atoms with Gasteiger partial charge in [-0.2, -0.15) is 9.61 Å². The molecule has 0 spiro atoms. The average Bonchev–Trinajstić information content (AvgIpc) is 3.51. The van der Waals surface area contributed by atoms with Crippen LogP contribution in [0.15, 0.2) is 35.4 Å². The number of aliphatic hydroxyl groups is 1. The van der Waals surface area contributed by atoms with Gasteiger partial charge in [-0.15, -0.1) is 0 Å². The van der Waals surface area contributed by atoms with Crippen molar-refractivity contribution in [1.82, 2.24) is 19.5 Å². The second-order valence-corrected chi connectivity index (χ2v) is 13.2. The summed E-state index contributed by atoms with van der Waals surface area (Å²) in [4.78, 5) is 27.5. The number of nitrogens with zero attached hydrogens (tertiary/aromatic N) is 9. The van der Waals surface area contributed by atoms with Crippen molar-refractivity contribution in [3.8, 4) is 0 Å². The highest BCUT2D eigenvalue weighted by atomic mass is 35.5. The van der Waals surface area contributed by atoms with Gasteiger partial charge in [-0.25, -0.2) is 13.4 Å². The molecule has 222 valence electrons. The molecule has 0 aliphatic carbocycles. The number of piperidine rings is 1. The Kier molecular flexibility index (Phi) is 7.51. The van der Waals surface area contributed by atoms with Crippen molar-refractivity contribution in [3.05, 3.63) is 57.1 Å². The van der Waals surface area contributed by atoms with E-state index in [4.69, 9.17) is 27.2 Å². The first-order chi connectivity index (χ1) is 20.1. The van der Waals surface area contributed by atoms with Crippen LogP contribution in [0.1, 0.15) is 47.8 Å². The standard InChI is InChI=1S/C26H31ClN10O4S/c1-42(40,41)32-18-7-6-16(27)11-17(18)26(39)36-10-3-2-5-21(36)19-12-24-29-23(34-8-4-9-34)13-25(37(24)31-19)35-14-20(30-33-28)22(38)15-35/h6-7,11-13,20-22,32,38H,2-5,8-10,14-15H2,1H3/t20-,21+,22-/m1/s1. The first kappa shape index (κ1) is 28.3. The van der Waals surface area contributed by atoms with E-state index in [1.54, 1.807) is 9.42 Å². The fraction of sp³-hybridized carbons (Fsp3) is 0.500. The maximum Gasteiger partial charge on any atom is 0.256 e. The Labute approximate surface area is 247 Å². The SMILES string of the molecule is CS(=O)(=O)Nc1ccc(Cl)cc1C(=O)N1CCCC[C@H]1c1cc2nc(N3CCC3)cc(N3C[C@@H](O)[C@H](N=[N+]=[N-])C3)n2n1. The summed E-state index contributed by atoms with van der Waals surface area (Å²) in [5.74, 6) is 1.16. The predicted octanol–water partition coefficient (Wildman–Crippen LogP) is 3.19. The quantitative estimate of drug-likeness (QED) is 0.232. The van der Waals surface area contributed by atoms with Crippen molar-refractivity contribution in [1.29, 1.82) is 0 Å². The topological polar surface area (TPSA) is 172 Å². The Morgan fingerprint density at radius 3 is 2.67 bits per heavy atom. The molecule has 16 heteroatoms. The van der Waals surface area contributed by atoms with E-state index in [-0.39, 0.29) is 29.7 Å². The predicted molar refractivity (Wildman–Crippen MR) is 159 cm³/mol. The number of azide groups is 1. The molecule has 14 nitrogen and oxygen atoms in total. The fourth-order valence-electron chi connectivity index (χ4n) is 5.81. The lowest BCUT2D eigenvalue weighted by molar-refractivity contribution is 0.0607. The number of hydrogen-bond acceptors (Lipinski definition) is 9. The highest BCUT2D eigenvalue weighted by Crippen LogP contribution is 2.36. The molecule has 3 fully saturated rings. The van der Waals surface area contributed by atoms with Gasteiger partial charge < -0.3 is 19.8 Å². The van der Waals surface area contributed by atoms with Crippen LogP contribution in [-0.2, 0) is 10.0 Å². The van der Waals surface area contributed by atoms with Gasteiger partial charge in [0.25, 0.3) is 5.91 Å². The van der Waals surface area contributed by atoms with Crippen molar-refractivity contribution in [2.75, 3.05) is 53.5 Å². The van der Waals surface area contributed by atoms with Gasteiger partial charge >= 0.3 is 0 Å². The number of halogens is 1. The van der Waals surface area contributed by atoms with Crippen molar-refractivity contribution in [2.45, 2.75) is 43.9 Å². The van der Waals surface area contributed by atoms with E-state index < -0.39 is 22.2 Å². The maximum atomic E-state index is 14.0. The van der Waals surface area contributed by atoms with Gasteiger partial charge in [-0.05, 0) is 49.4 Å². The molecule has 6 rings (SSSR count). The van der Waals surface area contributed by atoms with Crippen LogP contribution in [-0.4, -0.2) is 90.1 Å². The highest BCUT2D eigenvalue weighted by molar-refractivity contribution is 7.92. The molecule has 0 saturated carbocycles. The third kappa shape index (κ3) is 5.52. The number of aliphatic hydroxyl groups excluding tert-OH is 1. The van der Waals surface area contributed by atoms with Crippen molar-refractivity contribution in [3.63, 3.8) is 0 Å². The van der Waals surface area contributed by atoms with E-state index in [1.807, 2.05) is 17.0 Å². The van der Waals surface area contributed by atoms with Crippen molar-refractivity contribution < 1.29 is 18.3 Å². The van der Waals surface area contributed by atoms with Gasteiger partial charge in [0.1, 0.15) is 11.6 Å². The number of benzene rings is 1. The number of carbonyl (C=O) groups is 1. The zero-order valence-electron chi connectivity index (χ0n) is 23.0. The minimum Gasteiger partial charge on any atom is -0.391 e. The Bertz CT molecular complexity index is 1690. The Morgan fingerprint density at radius 1 is 1.14 bits per heavy atom.